The number of nitrogens with zero attached hydrogens (tertiary/aromatic N) is 4. The van der Waals surface area contributed by atoms with Gasteiger partial charge in [-0.2, -0.15) is 23.5 Å². The van der Waals surface area contributed by atoms with Crippen molar-refractivity contribution >= 4 is 28.4 Å². The second-order valence-electron chi connectivity index (χ2n) is 9.43. The van der Waals surface area contributed by atoms with Crippen LogP contribution in [0.2, 0.25) is 0 Å². The van der Waals surface area contributed by atoms with Gasteiger partial charge in [-0.25, -0.2) is 9.37 Å². The van der Waals surface area contributed by atoms with E-state index in [1.54, 1.807) is 38.1 Å². The third kappa shape index (κ3) is 5.43. The molecule has 0 aliphatic heterocycles. The second-order valence-corrected chi connectivity index (χ2v) is 9.43. The molecule has 2 aromatic carbocycles. The molecule has 0 aliphatic carbocycles. The van der Waals surface area contributed by atoms with Gasteiger partial charge in [0.25, 0.3) is 11.8 Å². The Labute approximate surface area is 220 Å². The lowest BCUT2D eigenvalue weighted by Crippen LogP contribution is -2.19. The first-order chi connectivity index (χ1) is 18.2. The molecule has 0 spiro atoms. The zero-order valence-corrected chi connectivity index (χ0v) is 21.0. The van der Waals surface area contributed by atoms with Crippen LogP contribution in [0, 0.1) is 24.1 Å². The van der Waals surface area contributed by atoms with Crippen molar-refractivity contribution in [3.63, 3.8) is 0 Å². The number of hydrogen-bond donors (Lipinski definition) is 2. The van der Waals surface area contributed by atoms with E-state index in [0.717, 1.165) is 28.4 Å². The number of pyridine rings is 1. The molecule has 0 atom stereocenters. The monoisotopic (exact) mass is 538 g/mol. The van der Waals surface area contributed by atoms with Crippen molar-refractivity contribution in [2.45, 2.75) is 38.9 Å². The van der Waals surface area contributed by atoms with Crippen LogP contribution in [0.4, 0.5) is 23.2 Å². The summed E-state index contributed by atoms with van der Waals surface area (Å²) in [7, 11) is 0. The summed E-state index contributed by atoms with van der Waals surface area (Å²) in [6, 6.07) is 13.3. The zero-order chi connectivity index (χ0) is 28.7. The Morgan fingerprint density at radius 2 is 1.77 bits per heavy atom. The van der Waals surface area contributed by atoms with Crippen LogP contribution in [0.15, 0.2) is 48.5 Å². The molecule has 2 heterocycles. The van der Waals surface area contributed by atoms with Crippen LogP contribution in [0.3, 0.4) is 0 Å². The number of nitriles is 1. The van der Waals surface area contributed by atoms with Crippen molar-refractivity contribution < 1.29 is 27.2 Å². The Balaban J connectivity index is 1.73. The minimum Gasteiger partial charge on any atom is -0.364 e. The quantitative estimate of drug-likeness (QED) is 0.331. The molecular weight excluding hydrogens is 516 g/mol. The molecule has 0 radical (unpaired) electrons. The van der Waals surface area contributed by atoms with Gasteiger partial charge in [0.05, 0.1) is 40.5 Å². The van der Waals surface area contributed by atoms with Crippen LogP contribution < -0.4 is 11.1 Å². The number of nitrogens with one attached hydrogen (secondary N) is 1. The summed E-state index contributed by atoms with van der Waals surface area (Å²) >= 11 is 0. The van der Waals surface area contributed by atoms with Gasteiger partial charge in [-0.15, -0.1) is 0 Å². The first-order valence-electron chi connectivity index (χ1n) is 11.6. The predicted octanol–water partition coefficient (Wildman–Crippen LogP) is 5.10. The fraction of sp³-hybridized carbons (Fsp3) is 0.222. The van der Waals surface area contributed by atoms with E-state index in [4.69, 9.17) is 5.73 Å². The van der Waals surface area contributed by atoms with Crippen LogP contribution in [0.1, 0.15) is 57.2 Å². The number of primary amides is 1. The van der Waals surface area contributed by atoms with Crippen LogP contribution in [-0.4, -0.2) is 26.6 Å². The van der Waals surface area contributed by atoms with Crippen molar-refractivity contribution in [3.8, 4) is 6.07 Å². The van der Waals surface area contributed by atoms with Gasteiger partial charge >= 0.3 is 6.18 Å². The van der Waals surface area contributed by atoms with E-state index in [0.29, 0.717) is 5.56 Å². The lowest BCUT2D eigenvalue weighted by molar-refractivity contribution is -0.140. The minimum atomic E-state index is -4.90. The second kappa shape index (κ2) is 9.83. The average molecular weight is 539 g/mol. The fourth-order valence-electron chi connectivity index (χ4n) is 4.01. The number of fused-ring (bicyclic) bond motifs is 1. The van der Waals surface area contributed by atoms with Crippen molar-refractivity contribution in [1.82, 2.24) is 14.8 Å². The molecule has 0 bridgehead atoms. The summed E-state index contributed by atoms with van der Waals surface area (Å²) < 4.78 is 56.7. The number of aromatic nitrogens is 3. The summed E-state index contributed by atoms with van der Waals surface area (Å²) in [6.07, 6.45) is -4.90. The predicted molar refractivity (Wildman–Crippen MR) is 134 cm³/mol. The molecule has 0 saturated carbocycles. The topological polar surface area (TPSA) is 127 Å². The number of alkyl halides is 3. The number of halogens is 4. The van der Waals surface area contributed by atoms with Crippen molar-refractivity contribution in [2.75, 3.05) is 5.32 Å². The lowest BCUT2D eigenvalue weighted by Gasteiger charge is -2.16. The summed E-state index contributed by atoms with van der Waals surface area (Å²) in [5.74, 6) is -2.68. The van der Waals surface area contributed by atoms with Gasteiger partial charge in [-0.3, -0.25) is 14.3 Å². The highest BCUT2D eigenvalue weighted by Gasteiger charge is 2.39. The van der Waals surface area contributed by atoms with E-state index >= 15 is 0 Å². The number of nitrogens with two attached hydrogens (primary N) is 1. The van der Waals surface area contributed by atoms with Crippen molar-refractivity contribution in [3.05, 3.63) is 88.1 Å². The highest BCUT2D eigenvalue weighted by molar-refractivity contribution is 6.14. The van der Waals surface area contributed by atoms with E-state index < -0.39 is 40.6 Å². The van der Waals surface area contributed by atoms with E-state index in [1.807, 2.05) is 0 Å². The fourth-order valence-corrected chi connectivity index (χ4v) is 4.01. The molecule has 0 saturated heterocycles. The maximum absolute atomic E-state index is 14.0. The Bertz CT molecular complexity index is 1650. The molecule has 0 aliphatic rings. The molecule has 4 aromatic rings. The Hall–Kier alpha value is -4.79. The summed E-state index contributed by atoms with van der Waals surface area (Å²) in [5.41, 5.74) is 3.42. The number of benzene rings is 2. The van der Waals surface area contributed by atoms with E-state index in [-0.39, 0.29) is 34.4 Å². The largest absolute Gasteiger partial charge is 0.437 e. The molecular formula is C27H22F4N6O2. The summed E-state index contributed by atoms with van der Waals surface area (Å²) in [5, 5.41) is 15.4. The first kappa shape index (κ1) is 27.3. The van der Waals surface area contributed by atoms with Crippen molar-refractivity contribution in [1.29, 1.82) is 5.26 Å². The maximum Gasteiger partial charge on any atom is 0.437 e. The number of hydrogen-bond acceptors (Lipinski definition) is 5. The molecule has 39 heavy (non-hydrogen) atoms. The zero-order valence-electron chi connectivity index (χ0n) is 21.0. The SMILES string of the molecule is Cc1c(NC(=O)c2cc(C(N)=O)nc3cc(F)ccc23)c(C(F)(F)F)nn1Cc1ccc(C(C)(C)C#N)cc1. The molecule has 0 unspecified atom stereocenters. The van der Waals surface area contributed by atoms with Crippen LogP contribution >= 0.6 is 0 Å². The number of carbonyl (C=O) groups excluding carboxylic acids is 2. The molecule has 4 rings (SSSR count). The van der Waals surface area contributed by atoms with Crippen LogP contribution in [-0.2, 0) is 18.1 Å². The lowest BCUT2D eigenvalue weighted by atomic mass is 9.86. The molecule has 3 N–H and O–H groups in total. The molecule has 0 fully saturated rings. The normalized spacial score (nSPS) is 11.8. The standard InChI is InChI=1S/C27H22F4N6O2/c1-14-22(35-25(39)19-11-21(24(33)38)34-20-10-17(28)8-9-18(19)20)23(27(29,30)31)36-37(14)12-15-4-6-16(7-5-15)26(2,3)13-32/h4-11H,12H2,1-3H3,(H2,33,38)(H,35,39). The van der Waals surface area contributed by atoms with Gasteiger partial charge in [0.1, 0.15) is 11.5 Å². The Morgan fingerprint density at radius 1 is 1.10 bits per heavy atom. The highest BCUT2D eigenvalue weighted by atomic mass is 19.4. The van der Waals surface area contributed by atoms with Crippen molar-refractivity contribution in [2.24, 2.45) is 5.73 Å². The van der Waals surface area contributed by atoms with E-state index in [1.165, 1.54) is 13.0 Å². The van der Waals surface area contributed by atoms with Gasteiger partial charge in [-0.05, 0) is 50.1 Å². The van der Waals surface area contributed by atoms with Gasteiger partial charge in [0.15, 0.2) is 5.69 Å². The first-order valence-corrected chi connectivity index (χ1v) is 11.6. The Morgan fingerprint density at radius 3 is 2.36 bits per heavy atom. The van der Waals surface area contributed by atoms with Gasteiger partial charge in [0, 0.05) is 11.5 Å². The minimum absolute atomic E-state index is 0.0247. The smallest absolute Gasteiger partial charge is 0.364 e. The number of anilines is 1. The van der Waals surface area contributed by atoms with Crippen LogP contribution in [0.25, 0.3) is 10.9 Å². The van der Waals surface area contributed by atoms with Gasteiger partial charge in [0.2, 0.25) is 0 Å². The van der Waals surface area contributed by atoms with Crippen LogP contribution in [0.5, 0.6) is 0 Å². The van der Waals surface area contributed by atoms with Gasteiger partial charge in [-0.1, -0.05) is 24.3 Å². The summed E-state index contributed by atoms with van der Waals surface area (Å²) in [4.78, 5) is 28.9. The highest BCUT2D eigenvalue weighted by Crippen LogP contribution is 2.36. The van der Waals surface area contributed by atoms with E-state index in [9.17, 15) is 32.4 Å². The molecule has 2 amide bonds. The summed E-state index contributed by atoms with van der Waals surface area (Å²) in [6.45, 7) is 4.83. The molecule has 8 nitrogen and oxygen atoms in total. The molecule has 2 aromatic heterocycles. The third-order valence-electron chi connectivity index (χ3n) is 6.27. The molecule has 200 valence electrons. The molecule has 12 heteroatoms. The average Bonchev–Trinajstić information content (AvgIpc) is 3.18. The number of carbonyl (C=O) groups is 2. The maximum atomic E-state index is 14.0. The Kier molecular flexibility index (Phi) is 6.87. The third-order valence-corrected chi connectivity index (χ3v) is 6.27. The van der Waals surface area contributed by atoms with Gasteiger partial charge < -0.3 is 11.1 Å². The number of rotatable bonds is 6. The van der Waals surface area contributed by atoms with E-state index in [2.05, 4.69) is 21.5 Å². The number of amides is 2.